The van der Waals surface area contributed by atoms with E-state index in [1.54, 1.807) is 19.1 Å². The van der Waals surface area contributed by atoms with E-state index in [1.165, 1.54) is 0 Å². The van der Waals surface area contributed by atoms with Crippen LogP contribution in [0, 0.1) is 0 Å². The van der Waals surface area contributed by atoms with Gasteiger partial charge in [-0.25, -0.2) is 0 Å². The van der Waals surface area contributed by atoms with Gasteiger partial charge in [-0.05, 0) is 22.8 Å². The van der Waals surface area contributed by atoms with Crippen LogP contribution in [0.15, 0.2) is 42.5 Å². The summed E-state index contributed by atoms with van der Waals surface area (Å²) < 4.78 is 0. The number of carbonyl (C=O) groups is 1. The first-order chi connectivity index (χ1) is 8.65. The molecule has 94 valence electrons. The number of hydrogen-bond acceptors (Lipinski definition) is 3. The summed E-state index contributed by atoms with van der Waals surface area (Å²) in [6.07, 6.45) is -0.553. The number of aliphatic hydroxyl groups excluding tert-OH is 1. The number of aliphatic hydroxyl groups is 1. The molecule has 2 aromatic carbocycles. The average Bonchev–Trinajstić information content (AvgIpc) is 2.38. The van der Waals surface area contributed by atoms with Crippen molar-refractivity contribution < 1.29 is 66.4 Å². The number of hydrogen-bond donors (Lipinski definition) is 1. The van der Waals surface area contributed by atoms with Gasteiger partial charge in [0.1, 0.15) is 0 Å². The predicted octanol–water partition coefficient (Wildman–Crippen LogP) is -1.55. The molecule has 0 heterocycles. The number of aliphatic carboxylic acids is 1. The van der Waals surface area contributed by atoms with E-state index in [-0.39, 0.29) is 51.4 Å². The molecule has 19 heavy (non-hydrogen) atoms. The first kappa shape index (κ1) is 16.8. The van der Waals surface area contributed by atoms with Gasteiger partial charge in [-0.2, -0.15) is 0 Å². The Balaban J connectivity index is 0.00000180. The van der Waals surface area contributed by atoms with Crippen LogP contribution in [0.3, 0.4) is 0 Å². The third kappa shape index (κ3) is 3.65. The minimum Gasteiger partial charge on any atom is -0.549 e. The molecular formula is C15H15KO3. The summed E-state index contributed by atoms with van der Waals surface area (Å²) in [6.45, 7) is 1.76. The zero-order chi connectivity index (χ0) is 13.1. The van der Waals surface area contributed by atoms with Crippen LogP contribution in [0.4, 0.5) is 0 Å². The van der Waals surface area contributed by atoms with Crippen LogP contribution in [0.1, 0.15) is 24.8 Å². The van der Waals surface area contributed by atoms with Crippen molar-refractivity contribution in [3.63, 3.8) is 0 Å². The van der Waals surface area contributed by atoms with Gasteiger partial charge in [0.15, 0.2) is 0 Å². The molecule has 2 atom stereocenters. The van der Waals surface area contributed by atoms with Crippen LogP contribution < -0.4 is 56.5 Å². The number of benzene rings is 2. The van der Waals surface area contributed by atoms with E-state index in [9.17, 15) is 15.0 Å². The van der Waals surface area contributed by atoms with Crippen molar-refractivity contribution in [1.82, 2.24) is 0 Å². The van der Waals surface area contributed by atoms with Gasteiger partial charge in [-0.1, -0.05) is 49.4 Å². The van der Waals surface area contributed by atoms with Crippen molar-refractivity contribution in [2.45, 2.75) is 25.4 Å². The SMILES string of the molecule is CCC(O)C(C(=O)[O-])c1cccc2ccccc12.[K+]. The molecule has 4 heteroatoms. The van der Waals surface area contributed by atoms with E-state index >= 15 is 0 Å². The second-order valence-electron chi connectivity index (χ2n) is 4.34. The Morgan fingerprint density at radius 3 is 2.47 bits per heavy atom. The normalized spacial score (nSPS) is 13.6. The van der Waals surface area contributed by atoms with Crippen molar-refractivity contribution >= 4 is 16.7 Å². The molecule has 2 rings (SSSR count). The molecule has 0 aliphatic heterocycles. The summed E-state index contributed by atoms with van der Waals surface area (Å²) in [5, 5.41) is 23.0. The van der Waals surface area contributed by atoms with Crippen molar-refractivity contribution in [3.8, 4) is 0 Å². The standard InChI is InChI=1S/C15H16O3.K/c1-2-13(16)14(15(17)18)12-9-5-7-10-6-3-4-8-11(10)12;/h3-9,13-14,16H,2H2,1H3,(H,17,18);/q;+1/p-1. The topological polar surface area (TPSA) is 60.4 Å². The maximum Gasteiger partial charge on any atom is 1.00 e. The Kier molecular flexibility index (Phi) is 6.66. The monoisotopic (exact) mass is 282 g/mol. The summed E-state index contributed by atoms with van der Waals surface area (Å²) in [5.74, 6) is -2.22. The van der Waals surface area contributed by atoms with Crippen molar-refractivity contribution in [1.29, 1.82) is 0 Å². The number of fused-ring (bicyclic) bond motifs is 1. The van der Waals surface area contributed by atoms with E-state index in [4.69, 9.17) is 0 Å². The maximum absolute atomic E-state index is 11.3. The van der Waals surface area contributed by atoms with Gasteiger partial charge in [0.25, 0.3) is 0 Å². The summed E-state index contributed by atoms with van der Waals surface area (Å²) >= 11 is 0. The van der Waals surface area contributed by atoms with E-state index in [0.29, 0.717) is 12.0 Å². The second kappa shape index (κ2) is 7.52. The van der Waals surface area contributed by atoms with Gasteiger partial charge in [-0.15, -0.1) is 0 Å². The Hall–Kier alpha value is -0.234. The van der Waals surface area contributed by atoms with Crippen molar-refractivity contribution in [2.24, 2.45) is 0 Å². The zero-order valence-electron chi connectivity index (χ0n) is 11.2. The van der Waals surface area contributed by atoms with Crippen LogP contribution >= 0.6 is 0 Å². The molecule has 0 bridgehead atoms. The molecule has 0 aliphatic rings. The largest absolute Gasteiger partial charge is 1.00 e. The summed E-state index contributed by atoms with van der Waals surface area (Å²) in [6, 6.07) is 13.0. The van der Waals surface area contributed by atoms with Crippen LogP contribution in [-0.4, -0.2) is 17.2 Å². The Morgan fingerprint density at radius 1 is 1.21 bits per heavy atom. The third-order valence-electron chi connectivity index (χ3n) is 3.22. The molecule has 0 aromatic heterocycles. The Morgan fingerprint density at radius 2 is 1.84 bits per heavy atom. The fourth-order valence-corrected chi connectivity index (χ4v) is 2.25. The molecule has 0 saturated heterocycles. The molecular weight excluding hydrogens is 267 g/mol. The number of rotatable bonds is 4. The quantitative estimate of drug-likeness (QED) is 0.691. The van der Waals surface area contributed by atoms with Crippen LogP contribution in [0.5, 0.6) is 0 Å². The number of carboxylic acids is 1. The maximum atomic E-state index is 11.3. The molecule has 0 saturated carbocycles. The minimum absolute atomic E-state index is 0. The molecule has 0 aliphatic carbocycles. The first-order valence-corrected chi connectivity index (χ1v) is 6.01. The fourth-order valence-electron chi connectivity index (χ4n) is 2.25. The molecule has 0 fully saturated rings. The first-order valence-electron chi connectivity index (χ1n) is 6.01. The van der Waals surface area contributed by atoms with Crippen LogP contribution in [0.2, 0.25) is 0 Å². The summed E-state index contributed by atoms with van der Waals surface area (Å²) in [4.78, 5) is 11.3. The molecule has 2 aromatic rings. The van der Waals surface area contributed by atoms with Crippen molar-refractivity contribution in [3.05, 3.63) is 48.0 Å². The van der Waals surface area contributed by atoms with Gasteiger partial charge in [0.05, 0.1) is 18.0 Å². The third-order valence-corrected chi connectivity index (χ3v) is 3.22. The zero-order valence-corrected chi connectivity index (χ0v) is 14.3. The van der Waals surface area contributed by atoms with Gasteiger partial charge in [0.2, 0.25) is 0 Å². The van der Waals surface area contributed by atoms with Crippen LogP contribution in [0.25, 0.3) is 10.8 Å². The minimum atomic E-state index is -1.24. The smallest absolute Gasteiger partial charge is 0.549 e. The average molecular weight is 282 g/mol. The fraction of sp³-hybridized carbons (Fsp3) is 0.267. The van der Waals surface area contributed by atoms with Gasteiger partial charge in [0, 0.05) is 0 Å². The van der Waals surface area contributed by atoms with E-state index in [0.717, 1.165) is 10.8 Å². The van der Waals surface area contributed by atoms with E-state index in [1.807, 2.05) is 30.3 Å². The molecule has 0 spiro atoms. The molecule has 0 amide bonds. The number of carbonyl (C=O) groups excluding carboxylic acids is 1. The predicted molar refractivity (Wildman–Crippen MR) is 68.0 cm³/mol. The summed E-state index contributed by atoms with van der Waals surface area (Å²) in [5.41, 5.74) is 0.613. The van der Waals surface area contributed by atoms with E-state index in [2.05, 4.69) is 0 Å². The van der Waals surface area contributed by atoms with Gasteiger partial charge in [-0.3, -0.25) is 0 Å². The van der Waals surface area contributed by atoms with Crippen LogP contribution in [-0.2, 0) is 4.79 Å². The molecule has 2 unspecified atom stereocenters. The van der Waals surface area contributed by atoms with Gasteiger partial charge < -0.3 is 15.0 Å². The van der Waals surface area contributed by atoms with Crippen molar-refractivity contribution in [2.75, 3.05) is 0 Å². The summed E-state index contributed by atoms with van der Waals surface area (Å²) in [7, 11) is 0. The molecule has 1 N–H and O–H groups in total. The Labute approximate surface area is 155 Å². The van der Waals surface area contributed by atoms with Gasteiger partial charge >= 0.3 is 51.4 Å². The van der Waals surface area contributed by atoms with E-state index < -0.39 is 18.0 Å². The second-order valence-corrected chi connectivity index (χ2v) is 4.34. The Bertz CT molecular complexity index is 563. The molecule has 0 radical (unpaired) electrons. The molecule has 3 nitrogen and oxygen atoms in total. The number of carboxylic acid groups (broad SMARTS) is 1.